The van der Waals surface area contributed by atoms with Gasteiger partial charge in [-0.2, -0.15) is 0 Å². The van der Waals surface area contributed by atoms with Gasteiger partial charge in [-0.05, 0) is 55.5 Å². The van der Waals surface area contributed by atoms with Crippen LogP contribution in [0.25, 0.3) is 52.2 Å². The molecule has 364 valence electrons. The second kappa shape index (κ2) is 20.4. The number of nitrogens with one attached hydrogen (secondary N) is 1. The maximum Gasteiger partial charge on any atom is 0.345 e. The smallest absolute Gasteiger partial charge is 0.345 e. The van der Waals surface area contributed by atoms with Crippen molar-refractivity contribution >= 4 is 98.3 Å². The maximum atomic E-state index is 13.6. The Bertz CT molecular complexity index is 3730. The normalized spacial score (nSPS) is 14.0. The van der Waals surface area contributed by atoms with Gasteiger partial charge in [0.05, 0.1) is 77.3 Å². The minimum atomic E-state index is -0.597. The van der Waals surface area contributed by atoms with Crippen LogP contribution < -0.4 is 31.7 Å². The number of anilines is 2. The average Bonchev–Trinajstić information content (AvgIpc) is 4.21. The van der Waals surface area contributed by atoms with Crippen LogP contribution in [0.1, 0.15) is 39.3 Å². The third-order valence-corrected chi connectivity index (χ3v) is 14.6. The molecule has 21 heteroatoms. The monoisotopic (exact) mass is 994 g/mol. The fourth-order valence-corrected chi connectivity index (χ4v) is 11.0. The molecule has 0 bridgehead atoms. The van der Waals surface area contributed by atoms with Gasteiger partial charge in [-0.3, -0.25) is 23.2 Å². The van der Waals surface area contributed by atoms with Crippen LogP contribution in [-0.4, -0.2) is 109 Å². The van der Waals surface area contributed by atoms with E-state index < -0.39 is 11.9 Å². The highest BCUT2D eigenvalue weighted by Crippen LogP contribution is 2.33. The highest BCUT2D eigenvalue weighted by Gasteiger charge is 2.26. The van der Waals surface area contributed by atoms with Crippen molar-refractivity contribution in [2.75, 3.05) is 69.0 Å². The predicted octanol–water partition coefficient (Wildman–Crippen LogP) is 5.52. The molecule has 10 heterocycles. The number of hydrogen-bond donors (Lipinski definition) is 2. The van der Waals surface area contributed by atoms with E-state index in [-0.39, 0.29) is 35.1 Å². The van der Waals surface area contributed by atoms with Crippen molar-refractivity contribution in [3.8, 4) is 0 Å². The summed E-state index contributed by atoms with van der Waals surface area (Å²) in [5.41, 5.74) is 7.79. The molecule has 2 aromatic carbocycles. The Kier molecular flexibility index (Phi) is 13.6. The number of hydrogen-bond acceptors (Lipinski definition) is 16. The topological polar surface area (TPSA) is 211 Å². The number of para-hydroxylation sites is 2. The second-order valence-electron chi connectivity index (χ2n) is 16.6. The van der Waals surface area contributed by atoms with Crippen LogP contribution in [0.5, 0.6) is 0 Å². The zero-order chi connectivity index (χ0) is 49.2. The van der Waals surface area contributed by atoms with Crippen LogP contribution in [0.2, 0.25) is 0 Å². The highest BCUT2D eigenvalue weighted by atomic mass is 32.1. The van der Waals surface area contributed by atoms with Crippen LogP contribution in [0.4, 0.5) is 11.6 Å². The van der Waals surface area contributed by atoms with Crippen molar-refractivity contribution in [1.82, 2.24) is 43.2 Å². The molecule has 12 rings (SSSR count). The first-order valence-electron chi connectivity index (χ1n) is 23.1. The molecular weight excluding hydrogens is 945 g/mol. The number of thiazole rings is 2. The quantitative estimate of drug-likeness (QED) is 0.180. The lowest BCUT2D eigenvalue weighted by Gasteiger charge is -2.27. The fraction of sp³-hybridized carbons (Fsp3) is 0.280. The van der Waals surface area contributed by atoms with E-state index in [9.17, 15) is 19.2 Å². The fourth-order valence-electron chi connectivity index (χ4n) is 8.69. The summed E-state index contributed by atoms with van der Waals surface area (Å²) >= 11 is 2.82. The van der Waals surface area contributed by atoms with Crippen LogP contribution >= 0.6 is 22.7 Å². The van der Waals surface area contributed by atoms with Gasteiger partial charge >= 0.3 is 5.97 Å². The number of ether oxygens (including phenoxy) is 3. The number of imidazole rings is 2. The van der Waals surface area contributed by atoms with E-state index in [2.05, 4.69) is 25.1 Å². The Morgan fingerprint density at radius 3 is 1.62 bits per heavy atom. The van der Waals surface area contributed by atoms with Gasteiger partial charge in [0.15, 0.2) is 11.3 Å². The SMILES string of the molecule is CCOC(=O)c1c(=O)c2ccc(N3CCOCC3)nc2n2c1sc1ccccc12.Cn1ccnc1CN.Cn1ccnc1CNC(=O)c1c(=O)c2ccc(N3CCOCC3)nc2n2c1sc1ccccc12. The molecule has 0 spiro atoms. The molecule has 2 aliphatic heterocycles. The number of rotatable bonds is 8. The summed E-state index contributed by atoms with van der Waals surface area (Å²) in [5, 5.41) is 3.70. The number of aromatic nitrogens is 8. The summed E-state index contributed by atoms with van der Waals surface area (Å²) in [7, 11) is 3.79. The van der Waals surface area contributed by atoms with Gasteiger partial charge in [0.25, 0.3) is 5.91 Å². The lowest BCUT2D eigenvalue weighted by atomic mass is 10.1. The summed E-state index contributed by atoms with van der Waals surface area (Å²) in [4.78, 5) is 76.2. The van der Waals surface area contributed by atoms with Gasteiger partial charge < -0.3 is 44.2 Å². The van der Waals surface area contributed by atoms with E-state index in [0.29, 0.717) is 70.5 Å². The maximum absolute atomic E-state index is 13.6. The Morgan fingerprint density at radius 1 is 0.676 bits per heavy atom. The molecule has 71 heavy (non-hydrogen) atoms. The van der Waals surface area contributed by atoms with Crippen LogP contribution in [-0.2, 0) is 41.4 Å². The number of pyridine rings is 4. The van der Waals surface area contributed by atoms with Crippen LogP contribution in [0.15, 0.2) is 107 Å². The third-order valence-electron chi connectivity index (χ3n) is 12.4. The summed E-state index contributed by atoms with van der Waals surface area (Å²) < 4.78 is 25.6. The molecule has 8 aromatic heterocycles. The second-order valence-corrected chi connectivity index (χ2v) is 18.7. The number of morpholine rings is 2. The molecule has 2 aliphatic rings. The first-order chi connectivity index (χ1) is 34.6. The summed E-state index contributed by atoms with van der Waals surface area (Å²) in [5.74, 6) is 2.21. The van der Waals surface area contributed by atoms with E-state index >= 15 is 0 Å². The lowest BCUT2D eigenvalue weighted by molar-refractivity contribution is 0.0527. The van der Waals surface area contributed by atoms with Crippen molar-refractivity contribution < 1.29 is 23.8 Å². The van der Waals surface area contributed by atoms with Crippen molar-refractivity contribution in [3.05, 3.63) is 141 Å². The van der Waals surface area contributed by atoms with Crippen LogP contribution in [0, 0.1) is 0 Å². The molecule has 0 atom stereocenters. The Hall–Kier alpha value is -7.56. The number of nitrogens with two attached hydrogens (primary N) is 1. The van der Waals surface area contributed by atoms with Gasteiger partial charge in [0.2, 0.25) is 10.9 Å². The van der Waals surface area contributed by atoms with E-state index in [0.717, 1.165) is 64.1 Å². The summed E-state index contributed by atoms with van der Waals surface area (Å²) in [6.07, 6.45) is 7.10. The van der Waals surface area contributed by atoms with E-state index in [1.165, 1.54) is 22.7 Å². The standard InChI is InChI=1S/C24H22N6O3S.C21H19N3O4S.C5H9N3/c1-28-9-8-25-19(28)14-26-23(32)20-21(31)15-6-7-18(29-10-12-33-13-11-29)27-22(15)30-16-4-2-3-5-17(16)34-24(20)30;1-2-28-21(26)17-18(25)13-7-8-16(23-9-11-27-12-10-23)22-19(13)24-14-5-3-4-6-15(14)29-20(17)24;1-8-3-2-7-5(8)4-6/h2-9H,10-14H2,1H3,(H,26,32);3-8H,2,9-12H2,1H3;2-3H,4,6H2,1H3. The van der Waals surface area contributed by atoms with E-state index in [1.54, 1.807) is 31.5 Å². The number of carbonyl (C=O) groups excluding carboxylic acids is 2. The zero-order valence-corrected chi connectivity index (χ0v) is 40.9. The minimum absolute atomic E-state index is 0.0708. The van der Waals surface area contributed by atoms with Crippen molar-refractivity contribution in [2.24, 2.45) is 19.8 Å². The number of amides is 1. The number of aryl methyl sites for hydroxylation is 2. The Labute approximate surface area is 413 Å². The average molecular weight is 995 g/mol. The minimum Gasteiger partial charge on any atom is -0.462 e. The predicted molar refractivity (Wildman–Crippen MR) is 276 cm³/mol. The molecular formula is C50H50N12O7S2. The summed E-state index contributed by atoms with van der Waals surface area (Å²) in [6.45, 7) is 8.27. The molecule has 1 amide bonds. The van der Waals surface area contributed by atoms with Crippen LogP contribution in [0.3, 0.4) is 0 Å². The molecule has 0 radical (unpaired) electrons. The first kappa shape index (κ1) is 47.1. The number of fused-ring (bicyclic) bond motifs is 10. The van der Waals surface area contributed by atoms with Crippen molar-refractivity contribution in [2.45, 2.75) is 20.0 Å². The Morgan fingerprint density at radius 2 is 1.15 bits per heavy atom. The van der Waals surface area contributed by atoms with Crippen molar-refractivity contribution in [3.63, 3.8) is 0 Å². The van der Waals surface area contributed by atoms with Gasteiger partial charge in [0, 0.05) is 65.1 Å². The van der Waals surface area contributed by atoms with Gasteiger partial charge in [0.1, 0.15) is 44.1 Å². The largest absolute Gasteiger partial charge is 0.462 e. The molecule has 0 saturated carbocycles. The number of benzene rings is 2. The molecule has 10 aromatic rings. The number of nitrogens with zero attached hydrogens (tertiary/aromatic N) is 10. The first-order valence-corrected chi connectivity index (χ1v) is 24.8. The lowest BCUT2D eigenvalue weighted by Crippen LogP contribution is -2.36. The third kappa shape index (κ3) is 9.09. The molecule has 19 nitrogen and oxygen atoms in total. The number of esters is 1. The van der Waals surface area contributed by atoms with Gasteiger partial charge in [-0.15, -0.1) is 22.7 Å². The van der Waals surface area contributed by atoms with E-state index in [1.807, 2.05) is 105 Å². The number of carbonyl (C=O) groups is 2. The molecule has 0 aliphatic carbocycles. The highest BCUT2D eigenvalue weighted by molar-refractivity contribution is 7.24. The van der Waals surface area contributed by atoms with Gasteiger partial charge in [-0.1, -0.05) is 24.3 Å². The van der Waals surface area contributed by atoms with E-state index in [4.69, 9.17) is 29.9 Å². The molecule has 2 fully saturated rings. The molecule has 2 saturated heterocycles. The summed E-state index contributed by atoms with van der Waals surface area (Å²) in [6, 6.07) is 22.9. The molecule has 0 unspecified atom stereocenters. The Balaban J connectivity index is 0.000000143. The van der Waals surface area contributed by atoms with Crippen molar-refractivity contribution in [1.29, 1.82) is 0 Å². The van der Waals surface area contributed by atoms with Gasteiger partial charge in [-0.25, -0.2) is 24.7 Å². The molecule has 3 N–H and O–H groups in total. The zero-order valence-electron chi connectivity index (χ0n) is 39.2.